The summed E-state index contributed by atoms with van der Waals surface area (Å²) in [5.41, 5.74) is 0.859. The molecule has 0 unspecified atom stereocenters. The average molecular weight is 343 g/mol. The van der Waals surface area contributed by atoms with Crippen LogP contribution in [0.5, 0.6) is 11.5 Å². The lowest BCUT2D eigenvalue weighted by atomic mass is 10.2. The monoisotopic (exact) mass is 343 g/mol. The second kappa shape index (κ2) is 9.32. The van der Waals surface area contributed by atoms with Crippen LogP contribution < -0.4 is 9.47 Å². The molecular weight excluding hydrogens is 322 g/mol. The number of rotatable bonds is 9. The van der Waals surface area contributed by atoms with E-state index in [9.17, 15) is 9.59 Å². The molecule has 6 nitrogen and oxygen atoms in total. The Balaban J connectivity index is 1.95. The molecule has 0 radical (unpaired) electrons. The van der Waals surface area contributed by atoms with E-state index in [1.54, 1.807) is 24.3 Å². The molecule has 0 heterocycles. The SMILES string of the molecule is CCOc1ccc(OCC(=O)N(CC(=O)O)Cc2ccccc2)cc1. The summed E-state index contributed by atoms with van der Waals surface area (Å²) >= 11 is 0. The number of aliphatic carboxylic acids is 1. The van der Waals surface area contributed by atoms with Crippen molar-refractivity contribution in [3.05, 3.63) is 60.2 Å². The third-order valence-electron chi connectivity index (χ3n) is 3.39. The second-order valence-corrected chi connectivity index (χ2v) is 5.32. The van der Waals surface area contributed by atoms with Gasteiger partial charge in [-0.15, -0.1) is 0 Å². The molecule has 0 aliphatic heterocycles. The molecule has 0 aromatic heterocycles. The minimum absolute atomic E-state index is 0.221. The van der Waals surface area contributed by atoms with Crippen molar-refractivity contribution in [1.82, 2.24) is 4.90 Å². The number of ether oxygens (including phenoxy) is 2. The van der Waals surface area contributed by atoms with Gasteiger partial charge in [-0.1, -0.05) is 30.3 Å². The molecule has 1 N–H and O–H groups in total. The maximum absolute atomic E-state index is 12.3. The van der Waals surface area contributed by atoms with Gasteiger partial charge in [0.1, 0.15) is 18.0 Å². The molecule has 0 saturated heterocycles. The molecule has 0 spiro atoms. The summed E-state index contributed by atoms with van der Waals surface area (Å²) in [7, 11) is 0. The van der Waals surface area contributed by atoms with E-state index < -0.39 is 5.97 Å². The van der Waals surface area contributed by atoms with Crippen molar-refractivity contribution in [3.63, 3.8) is 0 Å². The molecule has 25 heavy (non-hydrogen) atoms. The number of hydrogen-bond donors (Lipinski definition) is 1. The van der Waals surface area contributed by atoms with E-state index in [1.807, 2.05) is 37.3 Å². The van der Waals surface area contributed by atoms with Gasteiger partial charge in [-0.05, 0) is 36.8 Å². The molecular formula is C19H21NO5. The van der Waals surface area contributed by atoms with Gasteiger partial charge in [0, 0.05) is 6.54 Å². The molecule has 2 aromatic carbocycles. The first-order valence-corrected chi connectivity index (χ1v) is 7.97. The Labute approximate surface area is 146 Å². The molecule has 0 saturated carbocycles. The third kappa shape index (κ3) is 6.18. The summed E-state index contributed by atoms with van der Waals surface area (Å²) in [6, 6.07) is 16.1. The van der Waals surface area contributed by atoms with Crippen LogP contribution >= 0.6 is 0 Å². The standard InChI is InChI=1S/C19H21NO5/c1-2-24-16-8-10-17(11-9-16)25-14-18(21)20(13-19(22)23)12-15-6-4-3-5-7-15/h3-11H,2,12-14H2,1H3,(H,22,23). The van der Waals surface area contributed by atoms with Crippen LogP contribution in [0.3, 0.4) is 0 Å². The topological polar surface area (TPSA) is 76.1 Å². The Morgan fingerprint density at radius 3 is 2.12 bits per heavy atom. The summed E-state index contributed by atoms with van der Waals surface area (Å²) in [5.74, 6) is -0.213. The predicted molar refractivity (Wildman–Crippen MR) is 92.6 cm³/mol. The minimum Gasteiger partial charge on any atom is -0.494 e. The van der Waals surface area contributed by atoms with Crippen molar-refractivity contribution in [3.8, 4) is 11.5 Å². The van der Waals surface area contributed by atoms with E-state index >= 15 is 0 Å². The van der Waals surface area contributed by atoms with Crippen molar-refractivity contribution in [2.75, 3.05) is 19.8 Å². The molecule has 0 atom stereocenters. The highest BCUT2D eigenvalue weighted by atomic mass is 16.5. The lowest BCUT2D eigenvalue weighted by molar-refractivity contribution is -0.145. The minimum atomic E-state index is -1.06. The number of carbonyl (C=O) groups is 2. The van der Waals surface area contributed by atoms with Crippen molar-refractivity contribution >= 4 is 11.9 Å². The van der Waals surface area contributed by atoms with E-state index in [-0.39, 0.29) is 25.6 Å². The maximum Gasteiger partial charge on any atom is 0.323 e. The van der Waals surface area contributed by atoms with Gasteiger partial charge in [0.05, 0.1) is 6.61 Å². The molecule has 0 bridgehead atoms. The number of carboxylic acids is 1. The number of amides is 1. The van der Waals surface area contributed by atoms with Crippen molar-refractivity contribution in [1.29, 1.82) is 0 Å². The van der Waals surface area contributed by atoms with Crippen molar-refractivity contribution in [2.45, 2.75) is 13.5 Å². The predicted octanol–water partition coefficient (Wildman–Crippen LogP) is 2.58. The van der Waals surface area contributed by atoms with Gasteiger partial charge in [-0.3, -0.25) is 9.59 Å². The van der Waals surface area contributed by atoms with Gasteiger partial charge >= 0.3 is 5.97 Å². The van der Waals surface area contributed by atoms with E-state index in [1.165, 1.54) is 4.90 Å². The van der Waals surface area contributed by atoms with Gasteiger partial charge in [0.2, 0.25) is 0 Å². The van der Waals surface area contributed by atoms with E-state index in [0.717, 1.165) is 11.3 Å². The smallest absolute Gasteiger partial charge is 0.323 e. The highest BCUT2D eigenvalue weighted by Gasteiger charge is 2.17. The zero-order valence-electron chi connectivity index (χ0n) is 14.1. The lowest BCUT2D eigenvalue weighted by Crippen LogP contribution is -2.38. The molecule has 6 heteroatoms. The number of carbonyl (C=O) groups excluding carboxylic acids is 1. The molecule has 2 rings (SSSR count). The number of hydrogen-bond acceptors (Lipinski definition) is 4. The van der Waals surface area contributed by atoms with Crippen LogP contribution in [0.15, 0.2) is 54.6 Å². The van der Waals surface area contributed by atoms with Gasteiger partial charge in [0.25, 0.3) is 5.91 Å². The Hall–Kier alpha value is -3.02. The van der Waals surface area contributed by atoms with Crippen LogP contribution in [-0.2, 0) is 16.1 Å². The van der Waals surface area contributed by atoms with Gasteiger partial charge in [-0.2, -0.15) is 0 Å². The van der Waals surface area contributed by atoms with Crippen molar-refractivity contribution < 1.29 is 24.2 Å². The molecule has 0 aliphatic carbocycles. The van der Waals surface area contributed by atoms with Crippen LogP contribution in [0.2, 0.25) is 0 Å². The average Bonchev–Trinajstić information content (AvgIpc) is 2.61. The molecule has 2 aromatic rings. The first-order valence-electron chi connectivity index (χ1n) is 7.97. The number of benzene rings is 2. The largest absolute Gasteiger partial charge is 0.494 e. The zero-order valence-corrected chi connectivity index (χ0v) is 14.1. The fourth-order valence-corrected chi connectivity index (χ4v) is 2.23. The van der Waals surface area contributed by atoms with Gasteiger partial charge < -0.3 is 19.5 Å². The number of nitrogens with zero attached hydrogens (tertiary/aromatic N) is 1. The van der Waals surface area contributed by atoms with E-state index in [4.69, 9.17) is 14.6 Å². The van der Waals surface area contributed by atoms with Crippen molar-refractivity contribution in [2.24, 2.45) is 0 Å². The molecule has 0 fully saturated rings. The zero-order chi connectivity index (χ0) is 18.1. The summed E-state index contributed by atoms with van der Waals surface area (Å²) in [5, 5.41) is 9.03. The third-order valence-corrected chi connectivity index (χ3v) is 3.39. The van der Waals surface area contributed by atoms with Gasteiger partial charge in [0.15, 0.2) is 6.61 Å². The first-order chi connectivity index (χ1) is 12.1. The maximum atomic E-state index is 12.3. The van der Waals surface area contributed by atoms with Gasteiger partial charge in [-0.25, -0.2) is 0 Å². The molecule has 1 amide bonds. The fourth-order valence-electron chi connectivity index (χ4n) is 2.23. The van der Waals surface area contributed by atoms with Crippen LogP contribution in [0.25, 0.3) is 0 Å². The Morgan fingerprint density at radius 2 is 1.56 bits per heavy atom. The summed E-state index contributed by atoms with van der Waals surface area (Å²) in [4.78, 5) is 24.6. The normalized spacial score (nSPS) is 10.1. The highest BCUT2D eigenvalue weighted by Crippen LogP contribution is 2.17. The number of carboxylic acid groups (broad SMARTS) is 1. The lowest BCUT2D eigenvalue weighted by Gasteiger charge is -2.21. The Morgan fingerprint density at radius 1 is 0.960 bits per heavy atom. The Bertz CT molecular complexity index is 685. The van der Waals surface area contributed by atoms with E-state index in [0.29, 0.717) is 12.4 Å². The van der Waals surface area contributed by atoms with E-state index in [2.05, 4.69) is 0 Å². The summed E-state index contributed by atoms with van der Waals surface area (Å²) in [6.07, 6.45) is 0. The van der Waals surface area contributed by atoms with Crippen LogP contribution in [-0.4, -0.2) is 41.6 Å². The molecule has 132 valence electrons. The van der Waals surface area contributed by atoms with Crippen LogP contribution in [0.4, 0.5) is 0 Å². The first kappa shape index (κ1) is 18.3. The summed E-state index contributed by atoms with van der Waals surface area (Å²) < 4.78 is 10.8. The molecule has 0 aliphatic rings. The highest BCUT2D eigenvalue weighted by molar-refractivity contribution is 5.82. The fraction of sp³-hybridized carbons (Fsp3) is 0.263. The van der Waals surface area contributed by atoms with Crippen LogP contribution in [0, 0.1) is 0 Å². The summed E-state index contributed by atoms with van der Waals surface area (Å²) in [6.45, 7) is 2.09. The second-order valence-electron chi connectivity index (χ2n) is 5.32. The van der Waals surface area contributed by atoms with Crippen LogP contribution in [0.1, 0.15) is 12.5 Å². The quantitative estimate of drug-likeness (QED) is 0.757. The Kier molecular flexibility index (Phi) is 6.83.